The predicted molar refractivity (Wildman–Crippen MR) is 71.5 cm³/mol. The highest BCUT2D eigenvalue weighted by atomic mass is 19.1. The molecule has 0 heterocycles. The number of nitrogens with one attached hydrogen (secondary N) is 1. The lowest BCUT2D eigenvalue weighted by atomic mass is 10.00. The van der Waals surface area contributed by atoms with Gasteiger partial charge in [0, 0.05) is 12.6 Å². The van der Waals surface area contributed by atoms with Crippen LogP contribution >= 0.6 is 0 Å². The van der Waals surface area contributed by atoms with Gasteiger partial charge in [-0.05, 0) is 49.4 Å². The summed E-state index contributed by atoms with van der Waals surface area (Å²) in [6.07, 6.45) is 2.38. The highest BCUT2D eigenvalue weighted by molar-refractivity contribution is 5.26. The number of halogens is 1. The minimum Gasteiger partial charge on any atom is -0.310 e. The summed E-state index contributed by atoms with van der Waals surface area (Å²) in [5.41, 5.74) is 2.20. The SMILES string of the molecule is CCC(C)CC(C)NCc1cc(F)ccc1C. The molecule has 0 spiro atoms. The Kier molecular flexibility index (Phi) is 5.63. The van der Waals surface area contributed by atoms with Gasteiger partial charge in [0.2, 0.25) is 0 Å². The molecule has 0 bridgehead atoms. The van der Waals surface area contributed by atoms with Crippen LogP contribution in [0, 0.1) is 18.7 Å². The number of aryl methyl sites for hydroxylation is 1. The van der Waals surface area contributed by atoms with Crippen molar-refractivity contribution < 1.29 is 4.39 Å². The van der Waals surface area contributed by atoms with Gasteiger partial charge in [0.05, 0.1) is 0 Å². The van der Waals surface area contributed by atoms with Gasteiger partial charge in [-0.15, -0.1) is 0 Å². The second-order valence-corrected chi connectivity index (χ2v) is 5.10. The van der Waals surface area contributed by atoms with E-state index < -0.39 is 0 Å². The molecule has 1 aromatic carbocycles. The normalized spacial score (nSPS) is 14.6. The van der Waals surface area contributed by atoms with Crippen LogP contribution in [-0.2, 0) is 6.54 Å². The molecule has 1 rings (SSSR count). The van der Waals surface area contributed by atoms with Crippen LogP contribution in [0.4, 0.5) is 4.39 Å². The van der Waals surface area contributed by atoms with Crippen molar-refractivity contribution in [2.75, 3.05) is 0 Å². The van der Waals surface area contributed by atoms with Crippen molar-refractivity contribution in [3.05, 3.63) is 35.1 Å². The molecule has 2 unspecified atom stereocenters. The first kappa shape index (κ1) is 14.2. The maximum atomic E-state index is 13.1. The first-order chi connectivity index (χ1) is 8.02. The molecule has 0 aliphatic rings. The first-order valence-corrected chi connectivity index (χ1v) is 6.51. The molecule has 1 N–H and O–H groups in total. The van der Waals surface area contributed by atoms with E-state index in [0.717, 1.165) is 23.6 Å². The summed E-state index contributed by atoms with van der Waals surface area (Å²) in [5, 5.41) is 3.47. The zero-order valence-electron chi connectivity index (χ0n) is 11.4. The average molecular weight is 237 g/mol. The van der Waals surface area contributed by atoms with E-state index in [9.17, 15) is 4.39 Å². The van der Waals surface area contributed by atoms with E-state index >= 15 is 0 Å². The standard InChI is InChI=1S/C15H24FN/c1-5-11(2)8-13(4)17-10-14-9-15(16)7-6-12(14)3/h6-7,9,11,13,17H,5,8,10H2,1-4H3. The fourth-order valence-electron chi connectivity index (χ4n) is 1.97. The van der Waals surface area contributed by atoms with Gasteiger partial charge in [-0.1, -0.05) is 26.3 Å². The molecule has 2 heteroatoms. The summed E-state index contributed by atoms with van der Waals surface area (Å²) in [4.78, 5) is 0. The smallest absolute Gasteiger partial charge is 0.123 e. The molecule has 2 atom stereocenters. The zero-order chi connectivity index (χ0) is 12.8. The molecule has 0 amide bonds. The first-order valence-electron chi connectivity index (χ1n) is 6.51. The van der Waals surface area contributed by atoms with E-state index in [2.05, 4.69) is 26.1 Å². The van der Waals surface area contributed by atoms with Crippen LogP contribution in [0.5, 0.6) is 0 Å². The van der Waals surface area contributed by atoms with Crippen molar-refractivity contribution in [2.24, 2.45) is 5.92 Å². The molecule has 0 aliphatic heterocycles. The van der Waals surface area contributed by atoms with Gasteiger partial charge in [-0.2, -0.15) is 0 Å². The molecule has 0 fully saturated rings. The third kappa shape index (κ3) is 4.86. The molecular formula is C15H24FN. The Morgan fingerprint density at radius 2 is 2.00 bits per heavy atom. The average Bonchev–Trinajstić information content (AvgIpc) is 2.30. The zero-order valence-corrected chi connectivity index (χ0v) is 11.4. The molecule has 1 aromatic rings. The van der Waals surface area contributed by atoms with Gasteiger partial charge in [-0.25, -0.2) is 4.39 Å². The van der Waals surface area contributed by atoms with E-state index in [1.165, 1.54) is 18.9 Å². The Balaban J connectivity index is 2.47. The van der Waals surface area contributed by atoms with E-state index in [4.69, 9.17) is 0 Å². The summed E-state index contributed by atoms with van der Waals surface area (Å²) in [7, 11) is 0. The van der Waals surface area contributed by atoms with Gasteiger partial charge in [0.15, 0.2) is 0 Å². The molecule has 0 saturated heterocycles. The van der Waals surface area contributed by atoms with E-state index in [0.29, 0.717) is 6.04 Å². The van der Waals surface area contributed by atoms with Gasteiger partial charge >= 0.3 is 0 Å². The number of benzene rings is 1. The van der Waals surface area contributed by atoms with Crippen molar-refractivity contribution in [1.29, 1.82) is 0 Å². The van der Waals surface area contributed by atoms with Gasteiger partial charge in [-0.3, -0.25) is 0 Å². The van der Waals surface area contributed by atoms with E-state index in [1.807, 2.05) is 13.0 Å². The van der Waals surface area contributed by atoms with Crippen molar-refractivity contribution in [3.8, 4) is 0 Å². The maximum absolute atomic E-state index is 13.1. The summed E-state index contributed by atoms with van der Waals surface area (Å²) in [5.74, 6) is 0.591. The number of rotatable bonds is 6. The Hall–Kier alpha value is -0.890. The lowest BCUT2D eigenvalue weighted by Crippen LogP contribution is -2.27. The third-order valence-corrected chi connectivity index (χ3v) is 3.41. The molecular weight excluding hydrogens is 213 g/mol. The van der Waals surface area contributed by atoms with Crippen LogP contribution in [0.1, 0.15) is 44.7 Å². The molecule has 96 valence electrons. The summed E-state index contributed by atoms with van der Waals surface area (Å²) >= 11 is 0. The Labute approximate surface area is 104 Å². The Morgan fingerprint density at radius 1 is 1.29 bits per heavy atom. The lowest BCUT2D eigenvalue weighted by molar-refractivity contribution is 0.411. The van der Waals surface area contributed by atoms with Crippen LogP contribution in [-0.4, -0.2) is 6.04 Å². The molecule has 0 saturated carbocycles. The second-order valence-electron chi connectivity index (χ2n) is 5.10. The monoisotopic (exact) mass is 237 g/mol. The van der Waals surface area contributed by atoms with Gasteiger partial charge in [0.1, 0.15) is 5.82 Å². The van der Waals surface area contributed by atoms with Crippen LogP contribution in [0.25, 0.3) is 0 Å². The third-order valence-electron chi connectivity index (χ3n) is 3.41. The van der Waals surface area contributed by atoms with Crippen LogP contribution in [0.2, 0.25) is 0 Å². The fourth-order valence-corrected chi connectivity index (χ4v) is 1.97. The summed E-state index contributed by atoms with van der Waals surface area (Å²) in [6, 6.07) is 5.46. The molecule has 1 nitrogen and oxygen atoms in total. The van der Waals surface area contributed by atoms with Crippen LogP contribution in [0.15, 0.2) is 18.2 Å². The highest BCUT2D eigenvalue weighted by Gasteiger charge is 2.07. The van der Waals surface area contributed by atoms with Crippen LogP contribution in [0.3, 0.4) is 0 Å². The maximum Gasteiger partial charge on any atom is 0.123 e. The second kappa shape index (κ2) is 6.75. The van der Waals surface area contributed by atoms with E-state index in [1.54, 1.807) is 6.07 Å². The van der Waals surface area contributed by atoms with E-state index in [-0.39, 0.29) is 5.82 Å². The molecule has 0 aromatic heterocycles. The minimum absolute atomic E-state index is 0.151. The van der Waals surface area contributed by atoms with Gasteiger partial charge in [0.25, 0.3) is 0 Å². The largest absolute Gasteiger partial charge is 0.310 e. The fraction of sp³-hybridized carbons (Fsp3) is 0.600. The molecule has 17 heavy (non-hydrogen) atoms. The van der Waals surface area contributed by atoms with Crippen molar-refractivity contribution in [3.63, 3.8) is 0 Å². The highest BCUT2D eigenvalue weighted by Crippen LogP contribution is 2.12. The molecule has 0 aliphatic carbocycles. The lowest BCUT2D eigenvalue weighted by Gasteiger charge is -2.18. The van der Waals surface area contributed by atoms with Crippen molar-refractivity contribution in [2.45, 2.75) is 53.1 Å². The summed E-state index contributed by atoms with van der Waals surface area (Å²) < 4.78 is 13.1. The predicted octanol–water partition coefficient (Wildman–Crippen LogP) is 4.05. The Bertz CT molecular complexity index is 349. The number of hydrogen-bond donors (Lipinski definition) is 1. The van der Waals surface area contributed by atoms with Crippen molar-refractivity contribution >= 4 is 0 Å². The molecule has 0 radical (unpaired) electrons. The van der Waals surface area contributed by atoms with Crippen LogP contribution < -0.4 is 5.32 Å². The number of hydrogen-bond acceptors (Lipinski definition) is 1. The summed E-state index contributed by atoms with van der Waals surface area (Å²) in [6.45, 7) is 9.46. The topological polar surface area (TPSA) is 12.0 Å². The minimum atomic E-state index is -0.151. The Morgan fingerprint density at radius 3 is 2.65 bits per heavy atom. The quantitative estimate of drug-likeness (QED) is 0.787. The van der Waals surface area contributed by atoms with Crippen molar-refractivity contribution in [1.82, 2.24) is 5.32 Å². The van der Waals surface area contributed by atoms with Gasteiger partial charge < -0.3 is 5.32 Å².